The van der Waals surface area contributed by atoms with E-state index in [1.165, 1.54) is 0 Å². The molecule has 1 aliphatic heterocycles. The summed E-state index contributed by atoms with van der Waals surface area (Å²) >= 11 is 0. The number of carbonyl (C=O) groups excluding carboxylic acids is 2. The molecule has 0 spiro atoms. The van der Waals surface area contributed by atoms with Crippen LogP contribution in [0.4, 0.5) is 0 Å². The van der Waals surface area contributed by atoms with Gasteiger partial charge in [-0.15, -0.1) is 0 Å². The Morgan fingerprint density at radius 1 is 0.950 bits per heavy atom. The summed E-state index contributed by atoms with van der Waals surface area (Å²) in [4.78, 5) is 23.9. The summed E-state index contributed by atoms with van der Waals surface area (Å²) in [6, 6.07) is 0. The van der Waals surface area contributed by atoms with Gasteiger partial charge in [-0.1, -0.05) is 20.8 Å². The first-order chi connectivity index (χ1) is 9.47. The molecule has 0 radical (unpaired) electrons. The lowest BCUT2D eigenvalue weighted by Gasteiger charge is -2.20. The van der Waals surface area contributed by atoms with Crippen molar-refractivity contribution >= 4 is 11.9 Å². The number of carbonyl (C=O) groups is 2. The van der Waals surface area contributed by atoms with Crippen LogP contribution in [0.5, 0.6) is 0 Å². The fourth-order valence-electron chi connectivity index (χ4n) is 1.77. The molecule has 1 saturated heterocycles. The highest BCUT2D eigenvalue weighted by Gasteiger charge is 2.51. The van der Waals surface area contributed by atoms with E-state index in [2.05, 4.69) is 0 Å². The predicted molar refractivity (Wildman–Crippen MR) is 70.9 cm³/mol. The Labute approximate surface area is 119 Å². The lowest BCUT2D eigenvalue weighted by molar-refractivity contribution is -0.182. The quantitative estimate of drug-likeness (QED) is 0.665. The third kappa shape index (κ3) is 4.18. The first-order valence-corrected chi connectivity index (χ1v) is 7.16. The van der Waals surface area contributed by atoms with Crippen molar-refractivity contribution in [3.05, 3.63) is 0 Å². The molecule has 2 atom stereocenters. The highest BCUT2D eigenvalue weighted by Crippen LogP contribution is 2.32. The molecular formula is C14H24O6. The van der Waals surface area contributed by atoms with Crippen LogP contribution >= 0.6 is 0 Å². The highest BCUT2D eigenvalue weighted by atomic mass is 16.8. The van der Waals surface area contributed by atoms with Crippen molar-refractivity contribution in [1.29, 1.82) is 0 Å². The van der Waals surface area contributed by atoms with E-state index in [4.69, 9.17) is 18.9 Å². The van der Waals surface area contributed by atoms with E-state index in [1.807, 2.05) is 20.8 Å². The molecule has 0 aromatic rings. The minimum atomic E-state index is -1.06. The van der Waals surface area contributed by atoms with Crippen LogP contribution in [-0.4, -0.2) is 43.1 Å². The van der Waals surface area contributed by atoms with E-state index in [9.17, 15) is 9.59 Å². The summed E-state index contributed by atoms with van der Waals surface area (Å²) in [6.45, 7) is 7.91. The van der Waals surface area contributed by atoms with Gasteiger partial charge in [-0.05, 0) is 26.2 Å². The van der Waals surface area contributed by atoms with Gasteiger partial charge in [0.25, 0.3) is 0 Å². The Balaban J connectivity index is 2.76. The van der Waals surface area contributed by atoms with E-state index < -0.39 is 29.9 Å². The topological polar surface area (TPSA) is 71.1 Å². The molecule has 0 aromatic carbocycles. The zero-order chi connectivity index (χ0) is 15.2. The number of hydrogen-bond acceptors (Lipinski definition) is 6. The summed E-state index contributed by atoms with van der Waals surface area (Å²) < 4.78 is 21.2. The van der Waals surface area contributed by atoms with Crippen LogP contribution in [0, 0.1) is 0 Å². The third-order valence-corrected chi connectivity index (χ3v) is 3.03. The van der Waals surface area contributed by atoms with Crippen LogP contribution in [0.2, 0.25) is 0 Å². The van der Waals surface area contributed by atoms with E-state index in [0.29, 0.717) is 19.3 Å². The average molecular weight is 288 g/mol. The summed E-state index contributed by atoms with van der Waals surface area (Å²) in [5.41, 5.74) is 0. The van der Waals surface area contributed by atoms with Gasteiger partial charge in [-0.3, -0.25) is 0 Å². The van der Waals surface area contributed by atoms with Crippen LogP contribution < -0.4 is 0 Å². The van der Waals surface area contributed by atoms with E-state index in [0.717, 1.165) is 0 Å². The second-order valence-corrected chi connectivity index (χ2v) is 4.90. The van der Waals surface area contributed by atoms with E-state index in [-0.39, 0.29) is 13.2 Å². The zero-order valence-corrected chi connectivity index (χ0v) is 12.6. The molecule has 1 aliphatic rings. The smallest absolute Gasteiger partial charge is 0.338 e. The van der Waals surface area contributed by atoms with Crippen LogP contribution in [0.15, 0.2) is 0 Å². The van der Waals surface area contributed by atoms with Gasteiger partial charge in [-0.2, -0.15) is 0 Å². The predicted octanol–water partition coefficient (Wildman–Crippen LogP) is 1.80. The Hall–Kier alpha value is -1.14. The van der Waals surface area contributed by atoms with Crippen molar-refractivity contribution in [2.24, 2.45) is 0 Å². The Morgan fingerprint density at radius 2 is 1.35 bits per heavy atom. The fourth-order valence-corrected chi connectivity index (χ4v) is 1.77. The fraction of sp³-hybridized carbons (Fsp3) is 0.857. The molecular weight excluding hydrogens is 264 g/mol. The van der Waals surface area contributed by atoms with Crippen LogP contribution in [-0.2, 0) is 28.5 Å². The number of esters is 2. The largest absolute Gasteiger partial charge is 0.464 e. The summed E-state index contributed by atoms with van der Waals surface area (Å²) in [6.07, 6.45) is -0.195. The highest BCUT2D eigenvalue weighted by molar-refractivity contribution is 5.86. The van der Waals surface area contributed by atoms with E-state index in [1.54, 1.807) is 6.92 Å². The standard InChI is InChI=1S/C14H24O6/c1-5-8-17-12(15)10-11(13(16)18-9-6-2)20-14(4,7-3)19-10/h10-11H,5-9H2,1-4H3/t10-,11-/m0/s1. The molecule has 0 bridgehead atoms. The Bertz CT molecular complexity index is 313. The van der Waals surface area contributed by atoms with Crippen molar-refractivity contribution < 1.29 is 28.5 Å². The first-order valence-electron chi connectivity index (χ1n) is 7.16. The maximum Gasteiger partial charge on any atom is 0.338 e. The maximum absolute atomic E-state index is 12.0. The Kier molecular flexibility index (Phi) is 6.42. The van der Waals surface area contributed by atoms with Gasteiger partial charge in [0.2, 0.25) is 0 Å². The molecule has 6 nitrogen and oxygen atoms in total. The summed E-state index contributed by atoms with van der Waals surface area (Å²) in [5, 5.41) is 0. The van der Waals surface area contributed by atoms with E-state index >= 15 is 0 Å². The van der Waals surface area contributed by atoms with Crippen molar-refractivity contribution in [1.82, 2.24) is 0 Å². The lowest BCUT2D eigenvalue weighted by atomic mass is 10.2. The average Bonchev–Trinajstić information content (AvgIpc) is 2.81. The van der Waals surface area contributed by atoms with Crippen LogP contribution in [0.25, 0.3) is 0 Å². The van der Waals surface area contributed by atoms with Crippen molar-refractivity contribution in [3.8, 4) is 0 Å². The summed E-state index contributed by atoms with van der Waals surface area (Å²) in [5.74, 6) is -2.13. The van der Waals surface area contributed by atoms with Crippen molar-refractivity contribution in [2.45, 2.75) is 65.0 Å². The zero-order valence-electron chi connectivity index (χ0n) is 12.6. The molecule has 6 heteroatoms. The molecule has 0 aromatic heterocycles. The minimum absolute atomic E-state index is 0.290. The van der Waals surface area contributed by atoms with Gasteiger partial charge in [0, 0.05) is 0 Å². The molecule has 1 rings (SSSR count). The van der Waals surface area contributed by atoms with Crippen molar-refractivity contribution in [2.75, 3.05) is 13.2 Å². The monoisotopic (exact) mass is 288 g/mol. The van der Waals surface area contributed by atoms with Crippen LogP contribution in [0.3, 0.4) is 0 Å². The molecule has 20 heavy (non-hydrogen) atoms. The molecule has 1 heterocycles. The van der Waals surface area contributed by atoms with Crippen LogP contribution in [0.1, 0.15) is 47.0 Å². The SMILES string of the molecule is CCCOC(=O)[C@H]1OC(C)(CC)O[C@@H]1C(=O)OCCC. The number of hydrogen-bond donors (Lipinski definition) is 0. The molecule has 0 N–H and O–H groups in total. The van der Waals surface area contributed by atoms with Crippen molar-refractivity contribution in [3.63, 3.8) is 0 Å². The number of rotatable bonds is 7. The van der Waals surface area contributed by atoms with Gasteiger partial charge < -0.3 is 18.9 Å². The molecule has 0 saturated carbocycles. The molecule has 0 unspecified atom stereocenters. The number of ether oxygens (including phenoxy) is 4. The van der Waals surface area contributed by atoms with Gasteiger partial charge in [0.05, 0.1) is 13.2 Å². The van der Waals surface area contributed by atoms with Gasteiger partial charge >= 0.3 is 11.9 Å². The molecule has 0 amide bonds. The lowest BCUT2D eigenvalue weighted by Crippen LogP contribution is -2.39. The summed E-state index contributed by atoms with van der Waals surface area (Å²) in [7, 11) is 0. The second-order valence-electron chi connectivity index (χ2n) is 4.90. The van der Waals surface area contributed by atoms with Gasteiger partial charge in [0.15, 0.2) is 18.0 Å². The molecule has 0 aliphatic carbocycles. The van der Waals surface area contributed by atoms with Gasteiger partial charge in [-0.25, -0.2) is 9.59 Å². The molecule has 116 valence electrons. The van der Waals surface area contributed by atoms with Gasteiger partial charge in [0.1, 0.15) is 0 Å². The second kappa shape index (κ2) is 7.59. The normalized spacial score (nSPS) is 24.4. The first kappa shape index (κ1) is 16.9. The Morgan fingerprint density at radius 3 is 1.65 bits per heavy atom. The third-order valence-electron chi connectivity index (χ3n) is 3.03. The maximum atomic E-state index is 12.0. The minimum Gasteiger partial charge on any atom is -0.464 e. The molecule has 1 fully saturated rings.